The van der Waals surface area contributed by atoms with E-state index in [1.165, 1.54) is 0 Å². The number of ether oxygens (including phenoxy) is 1. The summed E-state index contributed by atoms with van der Waals surface area (Å²) >= 11 is 0. The Bertz CT molecular complexity index is 730. The lowest BCUT2D eigenvalue weighted by Gasteiger charge is -2.56. The van der Waals surface area contributed by atoms with Gasteiger partial charge in [-0.15, -0.1) is 0 Å². The van der Waals surface area contributed by atoms with Crippen LogP contribution in [-0.2, 0) is 9.53 Å². The molecule has 4 rings (SSSR count). The molecule has 0 aromatic carbocycles. The Morgan fingerprint density at radius 1 is 0.857 bits per heavy atom. The third-order valence-corrected chi connectivity index (χ3v) is 5.94. The molecule has 0 saturated heterocycles. The van der Waals surface area contributed by atoms with E-state index in [4.69, 9.17) is 0 Å². The molecule has 0 aromatic rings. The Kier molecular flexibility index (Phi) is 4.02. The number of rotatable bonds is 2. The number of hydrogen-bond donors (Lipinski definition) is 0. The standard InChI is InChI=1S/C15H11F11O2/c1-5(12(18,19)20)9(27)28-8-4-6-2-3-7(8)11(17)10(6,16)13(21,22)15(25,26)14(11,23)24/h6-8H,1-4H2. The van der Waals surface area contributed by atoms with Gasteiger partial charge in [0.1, 0.15) is 11.7 Å². The SMILES string of the molecule is C=C(C(=O)OC1CC2CCC1C1(F)C(F)(F)C(F)(F)C(F)(F)C21F)C(F)(F)F. The van der Waals surface area contributed by atoms with Gasteiger partial charge < -0.3 is 4.74 Å². The van der Waals surface area contributed by atoms with Gasteiger partial charge in [0.2, 0.25) is 11.3 Å². The Labute approximate surface area is 149 Å². The molecule has 0 aromatic heterocycles. The summed E-state index contributed by atoms with van der Waals surface area (Å²) in [7, 11) is 0. The number of carbonyl (C=O) groups is 1. The predicted molar refractivity (Wildman–Crippen MR) is 68.4 cm³/mol. The average molecular weight is 432 g/mol. The summed E-state index contributed by atoms with van der Waals surface area (Å²) in [5.41, 5.74) is -12.2. The summed E-state index contributed by atoms with van der Waals surface area (Å²) in [6, 6.07) is 0. The van der Waals surface area contributed by atoms with E-state index in [0.29, 0.717) is 0 Å². The third-order valence-electron chi connectivity index (χ3n) is 5.94. The van der Waals surface area contributed by atoms with E-state index < -0.39 is 84.0 Å². The van der Waals surface area contributed by atoms with Crippen LogP contribution in [0.3, 0.4) is 0 Å². The van der Waals surface area contributed by atoms with Crippen molar-refractivity contribution in [1.82, 2.24) is 0 Å². The maximum atomic E-state index is 15.2. The van der Waals surface area contributed by atoms with E-state index in [2.05, 4.69) is 11.3 Å². The van der Waals surface area contributed by atoms with Gasteiger partial charge in [-0.05, 0) is 19.3 Å². The summed E-state index contributed by atoms with van der Waals surface area (Å²) in [6.45, 7) is 2.37. The molecule has 0 heterocycles. The minimum Gasteiger partial charge on any atom is -0.458 e. The van der Waals surface area contributed by atoms with Gasteiger partial charge in [0, 0.05) is 11.8 Å². The van der Waals surface area contributed by atoms with Crippen LogP contribution in [0.2, 0.25) is 0 Å². The second kappa shape index (κ2) is 5.32. The fraction of sp³-hybridized carbons (Fsp3) is 0.800. The molecule has 0 radical (unpaired) electrons. The van der Waals surface area contributed by atoms with Gasteiger partial charge in [-0.1, -0.05) is 6.58 Å². The van der Waals surface area contributed by atoms with Crippen LogP contribution in [0.15, 0.2) is 12.2 Å². The normalized spacial score (nSPS) is 42.8. The molecule has 0 N–H and O–H groups in total. The zero-order valence-electron chi connectivity index (χ0n) is 13.5. The highest BCUT2D eigenvalue weighted by atomic mass is 19.4. The van der Waals surface area contributed by atoms with Crippen LogP contribution in [0.5, 0.6) is 0 Å². The van der Waals surface area contributed by atoms with Crippen molar-refractivity contribution in [2.75, 3.05) is 0 Å². The van der Waals surface area contributed by atoms with Crippen LogP contribution in [-0.4, -0.2) is 47.4 Å². The molecular weight excluding hydrogens is 421 g/mol. The van der Waals surface area contributed by atoms with Crippen LogP contribution in [0.25, 0.3) is 0 Å². The first-order valence-electron chi connectivity index (χ1n) is 7.87. The minimum absolute atomic E-state index is 0.719. The fourth-order valence-electron chi connectivity index (χ4n) is 4.57. The monoisotopic (exact) mass is 432 g/mol. The number of alkyl halides is 11. The quantitative estimate of drug-likeness (QED) is 0.357. The third kappa shape index (κ3) is 1.98. The van der Waals surface area contributed by atoms with Crippen molar-refractivity contribution in [1.29, 1.82) is 0 Å². The van der Waals surface area contributed by atoms with Gasteiger partial charge in [-0.25, -0.2) is 13.6 Å². The highest BCUT2D eigenvalue weighted by molar-refractivity contribution is 5.89. The Hall–Kier alpha value is -1.56. The number of carbonyl (C=O) groups excluding carboxylic acids is 1. The Morgan fingerprint density at radius 2 is 1.36 bits per heavy atom. The smallest absolute Gasteiger partial charge is 0.422 e. The summed E-state index contributed by atoms with van der Waals surface area (Å²) in [5, 5.41) is 0. The molecule has 5 unspecified atom stereocenters. The van der Waals surface area contributed by atoms with Crippen molar-refractivity contribution >= 4 is 5.97 Å². The van der Waals surface area contributed by atoms with Crippen molar-refractivity contribution in [3.63, 3.8) is 0 Å². The number of hydrogen-bond acceptors (Lipinski definition) is 2. The van der Waals surface area contributed by atoms with Gasteiger partial charge in [0.05, 0.1) is 0 Å². The Morgan fingerprint density at radius 3 is 1.86 bits per heavy atom. The lowest BCUT2D eigenvalue weighted by Crippen LogP contribution is -2.73. The van der Waals surface area contributed by atoms with Crippen LogP contribution in [0.4, 0.5) is 48.3 Å². The maximum Gasteiger partial charge on any atom is 0.422 e. The van der Waals surface area contributed by atoms with Crippen LogP contribution in [0.1, 0.15) is 19.3 Å². The number of esters is 1. The molecule has 0 amide bonds. The number of halogens is 11. The zero-order chi connectivity index (χ0) is 21.7. The van der Waals surface area contributed by atoms with E-state index in [1.807, 2.05) is 0 Å². The van der Waals surface area contributed by atoms with E-state index >= 15 is 8.78 Å². The van der Waals surface area contributed by atoms with E-state index in [9.17, 15) is 44.3 Å². The van der Waals surface area contributed by atoms with Gasteiger partial charge in [0.25, 0.3) is 0 Å². The van der Waals surface area contributed by atoms with E-state index in [-0.39, 0.29) is 0 Å². The summed E-state index contributed by atoms with van der Waals surface area (Å²) in [5.74, 6) is -26.1. The van der Waals surface area contributed by atoms with Gasteiger partial charge >= 0.3 is 29.9 Å². The van der Waals surface area contributed by atoms with E-state index in [1.54, 1.807) is 0 Å². The molecular formula is C15H11F11O2. The van der Waals surface area contributed by atoms with Gasteiger partial charge in [0.15, 0.2) is 0 Å². The molecule has 28 heavy (non-hydrogen) atoms. The van der Waals surface area contributed by atoms with Crippen molar-refractivity contribution < 1.29 is 57.8 Å². The maximum absolute atomic E-state index is 15.2. The first-order valence-corrected chi connectivity index (χ1v) is 7.87. The molecule has 0 spiro atoms. The number of fused-ring (bicyclic) bond motifs is 2. The average Bonchev–Trinajstić information content (AvgIpc) is 2.62. The zero-order valence-corrected chi connectivity index (χ0v) is 13.5. The van der Waals surface area contributed by atoms with Crippen LogP contribution in [0, 0.1) is 11.8 Å². The molecule has 5 atom stereocenters. The molecule has 4 aliphatic rings. The molecule has 4 saturated carbocycles. The topological polar surface area (TPSA) is 26.3 Å². The largest absolute Gasteiger partial charge is 0.458 e. The first kappa shape index (κ1) is 21.2. The fourth-order valence-corrected chi connectivity index (χ4v) is 4.57. The molecule has 13 heteroatoms. The second-order valence-electron chi connectivity index (χ2n) is 7.18. The van der Waals surface area contributed by atoms with Crippen LogP contribution < -0.4 is 0 Å². The van der Waals surface area contributed by atoms with Crippen LogP contribution >= 0.6 is 0 Å². The summed E-state index contributed by atoms with van der Waals surface area (Å²) < 4.78 is 156. The molecule has 4 fully saturated rings. The lowest BCUT2D eigenvalue weighted by molar-refractivity contribution is -0.296. The highest BCUT2D eigenvalue weighted by Gasteiger charge is 3.02. The van der Waals surface area contributed by atoms with Crippen molar-refractivity contribution in [2.24, 2.45) is 11.8 Å². The van der Waals surface area contributed by atoms with E-state index in [0.717, 1.165) is 0 Å². The molecule has 2 bridgehead atoms. The van der Waals surface area contributed by atoms with Crippen molar-refractivity contribution in [3.05, 3.63) is 12.2 Å². The predicted octanol–water partition coefficient (Wildman–Crippen LogP) is 4.78. The first-order chi connectivity index (χ1) is 12.4. The second-order valence-corrected chi connectivity index (χ2v) is 7.18. The van der Waals surface area contributed by atoms with Gasteiger partial charge in [-0.2, -0.15) is 39.5 Å². The minimum atomic E-state index is -6.40. The van der Waals surface area contributed by atoms with Crippen molar-refractivity contribution in [2.45, 2.75) is 60.6 Å². The molecule has 2 nitrogen and oxygen atoms in total. The highest BCUT2D eigenvalue weighted by Crippen LogP contribution is 2.77. The summed E-state index contributed by atoms with van der Waals surface area (Å²) in [4.78, 5) is 11.5. The molecule has 4 aliphatic carbocycles. The Balaban J connectivity index is 2.04. The van der Waals surface area contributed by atoms with Crippen molar-refractivity contribution in [3.8, 4) is 0 Å². The lowest BCUT2D eigenvalue weighted by atomic mass is 9.54. The summed E-state index contributed by atoms with van der Waals surface area (Å²) in [6.07, 6.45) is -10.3. The van der Waals surface area contributed by atoms with Gasteiger partial charge in [-0.3, -0.25) is 0 Å². The molecule has 160 valence electrons. The molecule has 0 aliphatic heterocycles.